The molecule has 0 atom stereocenters. The molecule has 0 aromatic rings. The predicted octanol–water partition coefficient (Wildman–Crippen LogP) is -1.83. The lowest BCUT2D eigenvalue weighted by Crippen LogP contribution is -2.35. The van der Waals surface area contributed by atoms with Crippen LogP contribution in [0.25, 0.3) is 0 Å². The minimum atomic E-state index is -3.46. The van der Waals surface area contributed by atoms with E-state index in [-0.39, 0.29) is 18.8 Å². The molecule has 0 aromatic carbocycles. The van der Waals surface area contributed by atoms with Gasteiger partial charge in [-0.1, -0.05) is 0 Å². The minimum absolute atomic E-state index is 0.00000803. The Morgan fingerprint density at radius 1 is 1.31 bits per heavy atom. The van der Waals surface area contributed by atoms with Gasteiger partial charge in [0, 0.05) is 13.1 Å². The fraction of sp³-hybridized carbons (Fsp3) is 0.800. The number of amides is 1. The molecule has 0 fully saturated rings. The zero-order valence-electron chi connectivity index (χ0n) is 6.86. The maximum Gasteiger partial charge on any atom is 0.404 e. The molecule has 0 rings (SSSR count). The molecular formula is C5H12N2O5S. The molecule has 0 aromatic heterocycles. The van der Waals surface area contributed by atoms with E-state index in [0.29, 0.717) is 0 Å². The first-order valence-electron chi connectivity index (χ1n) is 3.53. The van der Waals surface area contributed by atoms with Gasteiger partial charge in [-0.3, -0.25) is 0 Å². The summed E-state index contributed by atoms with van der Waals surface area (Å²) in [5.41, 5.74) is 0. The van der Waals surface area contributed by atoms with Gasteiger partial charge in [0.05, 0.1) is 12.4 Å². The third kappa shape index (κ3) is 7.50. The number of rotatable bonds is 6. The van der Waals surface area contributed by atoms with Gasteiger partial charge in [0.15, 0.2) is 0 Å². The molecular weight excluding hydrogens is 200 g/mol. The van der Waals surface area contributed by atoms with E-state index in [2.05, 4.69) is 4.72 Å². The second-order valence-corrected chi connectivity index (χ2v) is 4.10. The van der Waals surface area contributed by atoms with Crippen LogP contribution in [0.5, 0.6) is 0 Å². The highest BCUT2D eigenvalue weighted by Crippen LogP contribution is 1.80. The van der Waals surface area contributed by atoms with Crippen LogP contribution in [0.3, 0.4) is 0 Å². The zero-order valence-corrected chi connectivity index (χ0v) is 7.67. The average Bonchev–Trinajstić information content (AvgIpc) is 1.98. The van der Waals surface area contributed by atoms with E-state index in [4.69, 9.17) is 10.2 Å². The Balaban J connectivity index is 3.58. The fourth-order valence-corrected chi connectivity index (χ4v) is 1.37. The Bertz CT molecular complexity index is 250. The molecule has 0 heterocycles. The maximum absolute atomic E-state index is 10.8. The molecule has 0 spiro atoms. The van der Waals surface area contributed by atoms with Crippen LogP contribution in [0.2, 0.25) is 0 Å². The van der Waals surface area contributed by atoms with E-state index >= 15 is 0 Å². The summed E-state index contributed by atoms with van der Waals surface area (Å²) in [6, 6.07) is 0. The molecule has 0 aliphatic heterocycles. The first-order valence-corrected chi connectivity index (χ1v) is 5.18. The number of carbonyl (C=O) groups is 1. The van der Waals surface area contributed by atoms with Crippen molar-refractivity contribution < 1.29 is 23.4 Å². The van der Waals surface area contributed by atoms with Gasteiger partial charge in [-0.2, -0.15) is 0 Å². The number of nitrogens with one attached hydrogen (secondary N) is 2. The largest absolute Gasteiger partial charge is 0.465 e. The van der Waals surface area contributed by atoms with E-state index in [0.717, 1.165) is 0 Å². The number of hydrogen-bond donors (Lipinski definition) is 4. The van der Waals surface area contributed by atoms with Crippen LogP contribution in [0, 0.1) is 0 Å². The highest BCUT2D eigenvalue weighted by Gasteiger charge is 2.07. The molecule has 0 radical (unpaired) electrons. The van der Waals surface area contributed by atoms with Gasteiger partial charge >= 0.3 is 6.09 Å². The summed E-state index contributed by atoms with van der Waals surface area (Å²) >= 11 is 0. The van der Waals surface area contributed by atoms with Gasteiger partial charge in [-0.15, -0.1) is 0 Å². The molecule has 0 saturated carbocycles. The maximum atomic E-state index is 10.8. The minimum Gasteiger partial charge on any atom is -0.465 e. The second-order valence-electron chi connectivity index (χ2n) is 2.17. The number of aliphatic hydroxyl groups is 1. The first-order chi connectivity index (χ1) is 5.98. The molecule has 78 valence electrons. The standard InChI is InChI=1S/C5H12N2O5S/c8-3-4-13(11,12)7-2-1-6-5(9)10/h6-8H,1-4H2,(H,9,10). The Hall–Kier alpha value is -0.860. The van der Waals surface area contributed by atoms with Crippen molar-refractivity contribution in [1.29, 1.82) is 0 Å². The van der Waals surface area contributed by atoms with Crippen molar-refractivity contribution in [1.82, 2.24) is 10.0 Å². The summed E-state index contributed by atoms with van der Waals surface area (Å²) in [4.78, 5) is 9.92. The number of aliphatic hydroxyl groups excluding tert-OH is 1. The average molecular weight is 212 g/mol. The molecule has 13 heavy (non-hydrogen) atoms. The van der Waals surface area contributed by atoms with Gasteiger partial charge < -0.3 is 15.5 Å². The molecule has 0 saturated heterocycles. The molecule has 8 heteroatoms. The van der Waals surface area contributed by atoms with Crippen LogP contribution in [0.15, 0.2) is 0 Å². The SMILES string of the molecule is O=C(O)NCCNS(=O)(=O)CCO. The van der Waals surface area contributed by atoms with E-state index < -0.39 is 22.7 Å². The number of sulfonamides is 1. The highest BCUT2D eigenvalue weighted by molar-refractivity contribution is 7.89. The summed E-state index contributed by atoms with van der Waals surface area (Å²) in [6.07, 6.45) is -1.21. The van der Waals surface area contributed by atoms with Crippen LogP contribution >= 0.6 is 0 Å². The van der Waals surface area contributed by atoms with Crippen molar-refractivity contribution >= 4 is 16.1 Å². The summed E-state index contributed by atoms with van der Waals surface area (Å²) in [7, 11) is -3.46. The van der Waals surface area contributed by atoms with Crippen molar-refractivity contribution in [3.8, 4) is 0 Å². The van der Waals surface area contributed by atoms with Gasteiger partial charge in [0.25, 0.3) is 0 Å². The monoisotopic (exact) mass is 212 g/mol. The summed E-state index contributed by atoms with van der Waals surface area (Å²) in [5, 5.41) is 18.4. The topological polar surface area (TPSA) is 116 Å². The van der Waals surface area contributed by atoms with Crippen LogP contribution in [-0.2, 0) is 10.0 Å². The molecule has 0 aliphatic carbocycles. The third-order valence-electron chi connectivity index (χ3n) is 1.08. The Kier molecular flexibility index (Phi) is 5.35. The fourth-order valence-electron chi connectivity index (χ4n) is 0.568. The molecule has 0 aliphatic rings. The summed E-state index contributed by atoms with van der Waals surface area (Å²) in [5.74, 6) is -0.375. The molecule has 4 N–H and O–H groups in total. The van der Waals surface area contributed by atoms with Crippen LogP contribution in [0.4, 0.5) is 4.79 Å². The van der Waals surface area contributed by atoms with E-state index in [1.54, 1.807) is 0 Å². The van der Waals surface area contributed by atoms with Crippen LogP contribution < -0.4 is 10.0 Å². The van der Waals surface area contributed by atoms with Crippen molar-refractivity contribution in [2.24, 2.45) is 0 Å². The lowest BCUT2D eigenvalue weighted by molar-refractivity contribution is 0.194. The van der Waals surface area contributed by atoms with Crippen LogP contribution in [0.1, 0.15) is 0 Å². The number of hydrogen-bond acceptors (Lipinski definition) is 4. The third-order valence-corrected chi connectivity index (χ3v) is 2.45. The predicted molar refractivity (Wildman–Crippen MR) is 44.9 cm³/mol. The van der Waals surface area contributed by atoms with E-state index in [1.165, 1.54) is 0 Å². The van der Waals surface area contributed by atoms with Crippen molar-refractivity contribution in [3.05, 3.63) is 0 Å². The van der Waals surface area contributed by atoms with Crippen molar-refractivity contribution in [2.45, 2.75) is 0 Å². The van der Waals surface area contributed by atoms with Gasteiger partial charge in [-0.25, -0.2) is 17.9 Å². The smallest absolute Gasteiger partial charge is 0.404 e. The Labute approximate surface area is 75.8 Å². The van der Waals surface area contributed by atoms with Crippen molar-refractivity contribution in [3.63, 3.8) is 0 Å². The van der Waals surface area contributed by atoms with Gasteiger partial charge in [-0.05, 0) is 0 Å². The normalized spacial score (nSPS) is 11.2. The van der Waals surface area contributed by atoms with Gasteiger partial charge in [0.1, 0.15) is 0 Å². The van der Waals surface area contributed by atoms with Crippen LogP contribution in [-0.4, -0.2) is 50.2 Å². The van der Waals surface area contributed by atoms with Crippen molar-refractivity contribution in [2.75, 3.05) is 25.4 Å². The summed E-state index contributed by atoms with van der Waals surface area (Å²) < 4.78 is 23.8. The lowest BCUT2D eigenvalue weighted by atomic mass is 10.7. The first kappa shape index (κ1) is 12.1. The van der Waals surface area contributed by atoms with Gasteiger partial charge in [0.2, 0.25) is 10.0 Å². The molecule has 1 amide bonds. The van der Waals surface area contributed by atoms with E-state index in [9.17, 15) is 13.2 Å². The Morgan fingerprint density at radius 2 is 1.92 bits per heavy atom. The quantitative estimate of drug-likeness (QED) is 0.386. The highest BCUT2D eigenvalue weighted by atomic mass is 32.2. The van der Waals surface area contributed by atoms with E-state index in [1.807, 2.05) is 5.32 Å². The second kappa shape index (κ2) is 5.73. The number of carboxylic acid groups (broad SMARTS) is 1. The summed E-state index contributed by atoms with van der Waals surface area (Å²) in [6.45, 7) is -0.476. The Morgan fingerprint density at radius 3 is 2.38 bits per heavy atom. The molecule has 0 unspecified atom stereocenters. The zero-order chi connectivity index (χ0) is 10.3. The molecule has 7 nitrogen and oxygen atoms in total. The molecule has 0 bridgehead atoms. The lowest BCUT2D eigenvalue weighted by Gasteiger charge is -2.04.